The number of hydrogen-bond acceptors (Lipinski definition) is 4. The summed E-state index contributed by atoms with van der Waals surface area (Å²) in [4.78, 5) is 12.7. The van der Waals surface area contributed by atoms with E-state index in [-0.39, 0.29) is 11.8 Å². The van der Waals surface area contributed by atoms with Crippen LogP contribution in [-0.2, 0) is 14.8 Å². The van der Waals surface area contributed by atoms with Crippen molar-refractivity contribution in [3.63, 3.8) is 0 Å². The Balaban J connectivity index is 1.50. The van der Waals surface area contributed by atoms with E-state index in [0.29, 0.717) is 43.3 Å². The minimum Gasteiger partial charge on any atom is -0.356 e. The Labute approximate surface area is 162 Å². The molecule has 0 saturated carbocycles. The molecule has 1 atom stereocenters. The molecule has 1 aromatic carbocycles. The first-order chi connectivity index (χ1) is 12.9. The lowest BCUT2D eigenvalue weighted by molar-refractivity contribution is -0.126. The topological polar surface area (TPSA) is 78.5 Å². The fraction of sp³-hybridized carbons (Fsp3) is 0.650. The summed E-state index contributed by atoms with van der Waals surface area (Å²) >= 11 is 0. The number of amides is 1. The van der Waals surface area contributed by atoms with Gasteiger partial charge in [0.05, 0.1) is 4.90 Å². The van der Waals surface area contributed by atoms with Gasteiger partial charge in [-0.25, -0.2) is 8.42 Å². The van der Waals surface area contributed by atoms with Crippen LogP contribution in [0, 0.1) is 25.7 Å². The molecule has 0 aromatic heterocycles. The summed E-state index contributed by atoms with van der Waals surface area (Å²) in [5.74, 6) is 0.650. The molecule has 2 heterocycles. The molecule has 2 saturated heterocycles. The van der Waals surface area contributed by atoms with Crippen LogP contribution in [0.15, 0.2) is 23.1 Å². The summed E-state index contributed by atoms with van der Waals surface area (Å²) in [5.41, 5.74) is 2.06. The third kappa shape index (κ3) is 4.89. The number of piperidine rings is 1. The maximum atomic E-state index is 12.9. The molecule has 1 unspecified atom stereocenters. The number of carbonyl (C=O) groups is 1. The Bertz CT molecular complexity index is 765. The first-order valence-corrected chi connectivity index (χ1v) is 11.4. The lowest BCUT2D eigenvalue weighted by Gasteiger charge is -2.30. The Hall–Kier alpha value is -1.44. The van der Waals surface area contributed by atoms with Crippen molar-refractivity contribution in [3.8, 4) is 0 Å². The number of carbonyl (C=O) groups excluding carboxylic acids is 1. The highest BCUT2D eigenvalue weighted by atomic mass is 32.2. The van der Waals surface area contributed by atoms with Crippen LogP contribution in [-0.4, -0.2) is 51.4 Å². The number of rotatable bonds is 6. The van der Waals surface area contributed by atoms with E-state index in [0.717, 1.165) is 30.6 Å². The molecule has 7 heteroatoms. The largest absolute Gasteiger partial charge is 0.356 e. The lowest BCUT2D eigenvalue weighted by Crippen LogP contribution is -2.43. The highest BCUT2D eigenvalue weighted by Gasteiger charge is 2.32. The van der Waals surface area contributed by atoms with Gasteiger partial charge in [-0.2, -0.15) is 4.31 Å². The van der Waals surface area contributed by atoms with E-state index in [9.17, 15) is 13.2 Å². The number of hydrogen-bond donors (Lipinski definition) is 2. The molecule has 2 fully saturated rings. The predicted octanol–water partition coefficient (Wildman–Crippen LogP) is 1.82. The summed E-state index contributed by atoms with van der Waals surface area (Å²) in [5, 5.41) is 6.38. The first kappa shape index (κ1) is 20.3. The smallest absolute Gasteiger partial charge is 0.243 e. The van der Waals surface area contributed by atoms with E-state index in [2.05, 4.69) is 10.6 Å². The van der Waals surface area contributed by atoms with Gasteiger partial charge >= 0.3 is 0 Å². The zero-order chi connectivity index (χ0) is 19.4. The van der Waals surface area contributed by atoms with Gasteiger partial charge < -0.3 is 10.6 Å². The van der Waals surface area contributed by atoms with Crippen LogP contribution < -0.4 is 10.6 Å². The molecule has 2 aliphatic heterocycles. The summed E-state index contributed by atoms with van der Waals surface area (Å²) < 4.78 is 27.3. The van der Waals surface area contributed by atoms with Crippen LogP contribution in [0.2, 0.25) is 0 Å². The van der Waals surface area contributed by atoms with Gasteiger partial charge in [0, 0.05) is 25.6 Å². The number of aryl methyl sites for hydroxylation is 2. The molecule has 1 aromatic rings. The SMILES string of the molecule is Cc1ccc(S(=O)(=O)N2CCC(C(=O)NCCC3CCNC3)CC2)cc1C. The van der Waals surface area contributed by atoms with Crippen molar-refractivity contribution >= 4 is 15.9 Å². The molecule has 0 radical (unpaired) electrons. The molecule has 27 heavy (non-hydrogen) atoms. The minimum atomic E-state index is -3.48. The van der Waals surface area contributed by atoms with Crippen molar-refractivity contribution in [2.24, 2.45) is 11.8 Å². The van der Waals surface area contributed by atoms with Gasteiger partial charge in [-0.3, -0.25) is 4.79 Å². The molecular formula is C20H31N3O3S. The number of nitrogens with one attached hydrogen (secondary N) is 2. The molecule has 150 valence electrons. The van der Waals surface area contributed by atoms with Gasteiger partial charge in [-0.15, -0.1) is 0 Å². The third-order valence-electron chi connectivity index (χ3n) is 5.96. The Morgan fingerprint density at radius 2 is 1.93 bits per heavy atom. The van der Waals surface area contributed by atoms with E-state index in [1.54, 1.807) is 12.1 Å². The highest BCUT2D eigenvalue weighted by Crippen LogP contribution is 2.25. The third-order valence-corrected chi connectivity index (χ3v) is 7.85. The molecule has 2 aliphatic rings. The molecule has 6 nitrogen and oxygen atoms in total. The standard InChI is InChI=1S/C20H31N3O3S/c1-15-3-4-19(13-16(15)2)27(25,26)23-11-7-18(8-12-23)20(24)22-10-6-17-5-9-21-14-17/h3-4,13,17-18,21H,5-12,14H2,1-2H3,(H,22,24). The Kier molecular flexibility index (Phi) is 6.55. The van der Waals surface area contributed by atoms with E-state index in [1.165, 1.54) is 10.7 Å². The van der Waals surface area contributed by atoms with Gasteiger partial charge in [-0.05, 0) is 81.8 Å². The first-order valence-electron chi connectivity index (χ1n) is 9.94. The van der Waals surface area contributed by atoms with E-state index >= 15 is 0 Å². The van der Waals surface area contributed by atoms with Crippen LogP contribution in [0.25, 0.3) is 0 Å². The molecule has 1 amide bonds. The Morgan fingerprint density at radius 1 is 1.19 bits per heavy atom. The summed E-state index contributed by atoms with van der Waals surface area (Å²) in [6.07, 6.45) is 3.37. The van der Waals surface area contributed by atoms with Gasteiger partial charge in [-0.1, -0.05) is 6.07 Å². The molecule has 0 aliphatic carbocycles. The van der Waals surface area contributed by atoms with E-state index in [4.69, 9.17) is 0 Å². The lowest BCUT2D eigenvalue weighted by atomic mass is 9.97. The van der Waals surface area contributed by atoms with Crippen LogP contribution >= 0.6 is 0 Å². The van der Waals surface area contributed by atoms with Crippen molar-refractivity contribution in [1.29, 1.82) is 0 Å². The van der Waals surface area contributed by atoms with Gasteiger partial charge in [0.15, 0.2) is 0 Å². The second-order valence-corrected chi connectivity index (χ2v) is 9.80. The number of benzene rings is 1. The zero-order valence-corrected chi connectivity index (χ0v) is 17.1. The minimum absolute atomic E-state index is 0.0733. The Morgan fingerprint density at radius 3 is 2.56 bits per heavy atom. The van der Waals surface area contributed by atoms with Crippen LogP contribution in [0.4, 0.5) is 0 Å². The fourth-order valence-electron chi connectivity index (χ4n) is 3.89. The predicted molar refractivity (Wildman–Crippen MR) is 106 cm³/mol. The van der Waals surface area contributed by atoms with Crippen LogP contribution in [0.3, 0.4) is 0 Å². The molecule has 2 N–H and O–H groups in total. The van der Waals surface area contributed by atoms with E-state index in [1.807, 2.05) is 19.9 Å². The maximum Gasteiger partial charge on any atom is 0.243 e. The average Bonchev–Trinajstić information content (AvgIpc) is 3.17. The number of sulfonamides is 1. The highest BCUT2D eigenvalue weighted by molar-refractivity contribution is 7.89. The van der Waals surface area contributed by atoms with Crippen LogP contribution in [0.5, 0.6) is 0 Å². The van der Waals surface area contributed by atoms with Crippen molar-refractivity contribution in [3.05, 3.63) is 29.3 Å². The van der Waals surface area contributed by atoms with Crippen molar-refractivity contribution in [2.45, 2.75) is 44.4 Å². The zero-order valence-electron chi connectivity index (χ0n) is 16.3. The monoisotopic (exact) mass is 393 g/mol. The molecule has 3 rings (SSSR count). The van der Waals surface area contributed by atoms with Gasteiger partial charge in [0.25, 0.3) is 0 Å². The van der Waals surface area contributed by atoms with Crippen molar-refractivity contribution in [2.75, 3.05) is 32.7 Å². The van der Waals surface area contributed by atoms with Gasteiger partial charge in [0.2, 0.25) is 15.9 Å². The quantitative estimate of drug-likeness (QED) is 0.773. The average molecular weight is 394 g/mol. The second kappa shape index (κ2) is 8.71. The summed E-state index contributed by atoms with van der Waals surface area (Å²) in [6.45, 7) is 7.54. The maximum absolute atomic E-state index is 12.9. The van der Waals surface area contributed by atoms with Gasteiger partial charge in [0.1, 0.15) is 0 Å². The van der Waals surface area contributed by atoms with E-state index < -0.39 is 10.0 Å². The molecule has 0 bridgehead atoms. The normalized spacial score (nSPS) is 22.1. The second-order valence-electron chi connectivity index (χ2n) is 7.86. The van der Waals surface area contributed by atoms with Crippen molar-refractivity contribution in [1.82, 2.24) is 14.9 Å². The van der Waals surface area contributed by atoms with Crippen LogP contribution in [0.1, 0.15) is 36.8 Å². The molecular weight excluding hydrogens is 362 g/mol. The summed E-state index contributed by atoms with van der Waals surface area (Å²) in [6, 6.07) is 5.26. The number of nitrogens with zero attached hydrogens (tertiary/aromatic N) is 1. The fourth-order valence-corrected chi connectivity index (χ4v) is 5.44. The summed E-state index contributed by atoms with van der Waals surface area (Å²) in [7, 11) is -3.48. The molecule has 0 spiro atoms. The van der Waals surface area contributed by atoms with Crippen molar-refractivity contribution < 1.29 is 13.2 Å².